The number of benzene rings is 2. The minimum atomic E-state index is -0.911. The van der Waals surface area contributed by atoms with Crippen LogP contribution < -0.4 is 15.5 Å². The molecule has 0 saturated carbocycles. The Hall–Kier alpha value is -2.57. The molecule has 0 aromatic heterocycles. The maximum atomic E-state index is 11.7. The van der Waals surface area contributed by atoms with Gasteiger partial charge in [-0.05, 0) is 42.0 Å². The smallest absolute Gasteiger partial charge is 0.329 e. The molecule has 0 aliphatic heterocycles. The number of hydrogen-bond donors (Lipinski definition) is 2. The highest BCUT2D eigenvalue weighted by Crippen LogP contribution is 2.24. The van der Waals surface area contributed by atoms with Crippen molar-refractivity contribution in [2.45, 2.75) is 0 Å². The first-order valence-electron chi connectivity index (χ1n) is 6.73. The van der Waals surface area contributed by atoms with Crippen molar-refractivity contribution < 1.29 is 14.3 Å². The van der Waals surface area contributed by atoms with E-state index < -0.39 is 11.8 Å². The number of hydrogen-bond acceptors (Lipinski definition) is 4. The summed E-state index contributed by atoms with van der Waals surface area (Å²) in [5.41, 5.74) is 3.17. The largest absolute Gasteiger partial charge is 0.495 e. The van der Waals surface area contributed by atoms with E-state index in [1.54, 1.807) is 36.4 Å². The number of ether oxygens (including phenoxy) is 1. The predicted octanol–water partition coefficient (Wildman–Crippen LogP) is 3.09. The zero-order chi connectivity index (χ0) is 17.5. The number of rotatable bonds is 4. The fourth-order valence-electron chi connectivity index (χ4n) is 1.73. The molecule has 0 aliphatic carbocycles. The fraction of sp³-hybridized carbons (Fsp3) is 0.0625. The van der Waals surface area contributed by atoms with Crippen molar-refractivity contribution in [2.75, 3.05) is 12.4 Å². The lowest BCUT2D eigenvalue weighted by atomic mass is 10.2. The van der Waals surface area contributed by atoms with Crippen molar-refractivity contribution in [3.63, 3.8) is 0 Å². The van der Waals surface area contributed by atoms with Crippen molar-refractivity contribution in [1.29, 1.82) is 0 Å². The van der Waals surface area contributed by atoms with Crippen molar-refractivity contribution in [2.24, 2.45) is 5.10 Å². The molecule has 2 aromatic carbocycles. The van der Waals surface area contributed by atoms with Gasteiger partial charge in [-0.2, -0.15) is 5.10 Å². The average Bonchev–Trinajstić information content (AvgIpc) is 2.55. The van der Waals surface area contributed by atoms with Crippen molar-refractivity contribution in [3.8, 4) is 5.75 Å². The number of amides is 2. The minimum absolute atomic E-state index is 0.409. The van der Waals surface area contributed by atoms with Crippen molar-refractivity contribution in [3.05, 3.63) is 58.1 Å². The highest BCUT2D eigenvalue weighted by molar-refractivity contribution is 6.39. The molecule has 0 bridgehead atoms. The molecule has 0 radical (unpaired) electrons. The lowest BCUT2D eigenvalue weighted by Gasteiger charge is -2.04. The Morgan fingerprint density at radius 3 is 2.58 bits per heavy atom. The first-order valence-corrected chi connectivity index (χ1v) is 7.48. The molecule has 2 amide bonds. The topological polar surface area (TPSA) is 79.8 Å². The summed E-state index contributed by atoms with van der Waals surface area (Å²) < 4.78 is 5.03. The Morgan fingerprint density at radius 1 is 1.12 bits per heavy atom. The molecule has 0 fully saturated rings. The number of nitrogens with one attached hydrogen (secondary N) is 2. The molecule has 2 N–H and O–H groups in total. The number of methoxy groups -OCH3 is 1. The fourth-order valence-corrected chi connectivity index (χ4v) is 2.19. The van der Waals surface area contributed by atoms with Gasteiger partial charge in [-0.25, -0.2) is 5.43 Å². The molecule has 6 nitrogen and oxygen atoms in total. The van der Waals surface area contributed by atoms with Crippen LogP contribution in [0.3, 0.4) is 0 Å². The van der Waals surface area contributed by atoms with Crippen LogP contribution in [0.2, 0.25) is 10.0 Å². The molecule has 0 saturated heterocycles. The molecule has 0 spiro atoms. The minimum Gasteiger partial charge on any atom is -0.495 e. The van der Waals surface area contributed by atoms with Gasteiger partial charge in [-0.3, -0.25) is 9.59 Å². The molecule has 124 valence electrons. The van der Waals surface area contributed by atoms with Gasteiger partial charge in [0.05, 0.1) is 18.3 Å². The van der Waals surface area contributed by atoms with E-state index in [4.69, 9.17) is 27.9 Å². The Bertz CT molecular complexity index is 794. The lowest BCUT2D eigenvalue weighted by Crippen LogP contribution is -2.32. The van der Waals surface area contributed by atoms with E-state index in [0.29, 0.717) is 27.0 Å². The molecular weight excluding hydrogens is 353 g/mol. The first kappa shape index (κ1) is 17.8. The van der Waals surface area contributed by atoms with Gasteiger partial charge < -0.3 is 10.1 Å². The number of halogens is 2. The van der Waals surface area contributed by atoms with Gasteiger partial charge in [-0.1, -0.05) is 29.3 Å². The summed E-state index contributed by atoms with van der Waals surface area (Å²) in [4.78, 5) is 23.4. The lowest BCUT2D eigenvalue weighted by molar-refractivity contribution is -0.136. The maximum absolute atomic E-state index is 11.7. The Labute approximate surface area is 148 Å². The number of carbonyl (C=O) groups is 2. The molecular formula is C16H13Cl2N3O3. The first-order chi connectivity index (χ1) is 11.5. The van der Waals surface area contributed by atoms with Gasteiger partial charge in [0, 0.05) is 10.7 Å². The van der Waals surface area contributed by atoms with E-state index in [1.165, 1.54) is 19.4 Å². The molecule has 0 unspecified atom stereocenters. The number of anilines is 1. The Morgan fingerprint density at radius 2 is 1.92 bits per heavy atom. The normalized spacial score (nSPS) is 10.5. The third kappa shape index (κ3) is 4.97. The summed E-state index contributed by atoms with van der Waals surface area (Å²) >= 11 is 11.8. The molecule has 2 aromatic rings. The van der Waals surface area contributed by atoms with Crippen LogP contribution in [0.25, 0.3) is 0 Å². The molecule has 0 heterocycles. The van der Waals surface area contributed by atoms with Crippen molar-refractivity contribution >= 4 is 46.9 Å². The van der Waals surface area contributed by atoms with E-state index in [1.807, 2.05) is 0 Å². The second-order valence-corrected chi connectivity index (χ2v) is 5.40. The summed E-state index contributed by atoms with van der Waals surface area (Å²) in [5.74, 6) is -1.24. The van der Waals surface area contributed by atoms with Crippen LogP contribution in [-0.4, -0.2) is 25.1 Å². The maximum Gasteiger partial charge on any atom is 0.329 e. The van der Waals surface area contributed by atoms with Gasteiger partial charge in [0.2, 0.25) is 0 Å². The number of carbonyl (C=O) groups excluding carboxylic acids is 2. The molecule has 0 aliphatic rings. The summed E-state index contributed by atoms with van der Waals surface area (Å²) in [5, 5.41) is 6.97. The van der Waals surface area contributed by atoms with Crippen LogP contribution in [0, 0.1) is 0 Å². The number of hydrazone groups is 1. The highest BCUT2D eigenvalue weighted by atomic mass is 35.5. The van der Waals surface area contributed by atoms with Crippen LogP contribution in [0.15, 0.2) is 47.6 Å². The van der Waals surface area contributed by atoms with Gasteiger partial charge in [0.25, 0.3) is 0 Å². The predicted molar refractivity (Wildman–Crippen MR) is 93.8 cm³/mol. The second kappa shape index (κ2) is 8.33. The van der Waals surface area contributed by atoms with Gasteiger partial charge in [0.15, 0.2) is 0 Å². The summed E-state index contributed by atoms with van der Waals surface area (Å²) in [7, 11) is 1.51. The number of nitrogens with zero attached hydrogens (tertiary/aromatic N) is 1. The van der Waals surface area contributed by atoms with E-state index >= 15 is 0 Å². The van der Waals surface area contributed by atoms with Crippen LogP contribution in [-0.2, 0) is 9.59 Å². The zero-order valence-electron chi connectivity index (χ0n) is 12.5. The van der Waals surface area contributed by atoms with Crippen LogP contribution >= 0.6 is 23.2 Å². The van der Waals surface area contributed by atoms with Crippen LogP contribution in [0.4, 0.5) is 5.69 Å². The SMILES string of the molecule is COc1ccc(/C=N\NC(=O)C(=O)Nc2cccc(Cl)c2)cc1Cl. The summed E-state index contributed by atoms with van der Waals surface area (Å²) in [6.45, 7) is 0. The molecule has 0 atom stereocenters. The Kier molecular flexibility index (Phi) is 6.17. The van der Waals surface area contributed by atoms with Gasteiger partial charge >= 0.3 is 11.8 Å². The van der Waals surface area contributed by atoms with E-state index in [0.717, 1.165) is 0 Å². The third-order valence-corrected chi connectivity index (χ3v) is 3.37. The molecule has 24 heavy (non-hydrogen) atoms. The summed E-state index contributed by atoms with van der Waals surface area (Å²) in [6.07, 6.45) is 1.36. The molecule has 2 rings (SSSR count). The van der Waals surface area contributed by atoms with Gasteiger partial charge in [0.1, 0.15) is 5.75 Å². The van der Waals surface area contributed by atoms with E-state index in [9.17, 15) is 9.59 Å². The van der Waals surface area contributed by atoms with Crippen LogP contribution in [0.5, 0.6) is 5.75 Å². The third-order valence-electron chi connectivity index (χ3n) is 2.84. The zero-order valence-corrected chi connectivity index (χ0v) is 14.1. The summed E-state index contributed by atoms with van der Waals surface area (Å²) in [6, 6.07) is 11.4. The van der Waals surface area contributed by atoms with Crippen molar-refractivity contribution in [1.82, 2.24) is 5.43 Å². The monoisotopic (exact) mass is 365 g/mol. The van der Waals surface area contributed by atoms with E-state index in [-0.39, 0.29) is 0 Å². The standard InChI is InChI=1S/C16H13Cl2N3O3/c1-24-14-6-5-10(7-13(14)18)9-19-21-16(23)15(22)20-12-4-2-3-11(17)8-12/h2-9H,1H3,(H,20,22)(H,21,23)/b19-9-. The molecule has 8 heteroatoms. The quantitative estimate of drug-likeness (QED) is 0.496. The van der Waals surface area contributed by atoms with Crippen LogP contribution in [0.1, 0.15) is 5.56 Å². The van der Waals surface area contributed by atoms with Gasteiger partial charge in [-0.15, -0.1) is 0 Å². The van der Waals surface area contributed by atoms with E-state index in [2.05, 4.69) is 15.8 Å². The highest BCUT2D eigenvalue weighted by Gasteiger charge is 2.12. The Balaban J connectivity index is 1.92. The second-order valence-electron chi connectivity index (χ2n) is 4.56. The average molecular weight is 366 g/mol.